The molecule has 2 aliphatic heterocycles. The molecule has 1 aromatic carbocycles. The van der Waals surface area contributed by atoms with Gasteiger partial charge in [0, 0.05) is 13.1 Å². The van der Waals surface area contributed by atoms with Gasteiger partial charge in [-0.3, -0.25) is 14.5 Å². The summed E-state index contributed by atoms with van der Waals surface area (Å²) in [5.41, 5.74) is 2.04. The number of carboxylic acid groups (broad SMARTS) is 1. The van der Waals surface area contributed by atoms with Gasteiger partial charge in [0.15, 0.2) is 0 Å². The molecule has 0 radical (unpaired) electrons. The highest BCUT2D eigenvalue weighted by Gasteiger charge is 2.33. The van der Waals surface area contributed by atoms with Crippen LogP contribution in [0.5, 0.6) is 0 Å². The first kappa shape index (κ1) is 17.9. The maximum atomic E-state index is 14.5. The average molecular weight is 380 g/mol. The van der Waals surface area contributed by atoms with E-state index in [1.165, 1.54) is 6.07 Å². The third-order valence-corrected chi connectivity index (χ3v) is 5.61. The summed E-state index contributed by atoms with van der Waals surface area (Å²) in [5.74, 6) is -1.91. The van der Waals surface area contributed by atoms with E-state index in [1.54, 1.807) is 12.1 Å². The second-order valence-electron chi connectivity index (χ2n) is 6.02. The van der Waals surface area contributed by atoms with Crippen LogP contribution >= 0.6 is 24.0 Å². The molecule has 2 fully saturated rings. The van der Waals surface area contributed by atoms with Crippen molar-refractivity contribution in [2.24, 2.45) is 0 Å². The van der Waals surface area contributed by atoms with Gasteiger partial charge in [0.25, 0.3) is 5.91 Å². The molecule has 5 nitrogen and oxygen atoms in total. The Labute approximate surface area is 154 Å². The summed E-state index contributed by atoms with van der Waals surface area (Å²) in [5, 5.41) is 8.86. The summed E-state index contributed by atoms with van der Waals surface area (Å²) in [4.78, 5) is 26.5. The van der Waals surface area contributed by atoms with Crippen LogP contribution in [0.15, 0.2) is 17.0 Å². The van der Waals surface area contributed by atoms with Crippen LogP contribution in [0.1, 0.15) is 24.0 Å². The zero-order chi connectivity index (χ0) is 18.1. The number of thiocarbonyl (C=S) groups is 1. The van der Waals surface area contributed by atoms with Gasteiger partial charge in [-0.05, 0) is 49.1 Å². The van der Waals surface area contributed by atoms with Crippen molar-refractivity contribution >= 4 is 51.9 Å². The summed E-state index contributed by atoms with van der Waals surface area (Å²) >= 11 is 6.10. The molecule has 132 valence electrons. The molecule has 1 amide bonds. The van der Waals surface area contributed by atoms with Crippen molar-refractivity contribution in [2.45, 2.75) is 19.8 Å². The topological polar surface area (TPSA) is 60.9 Å². The van der Waals surface area contributed by atoms with Gasteiger partial charge < -0.3 is 10.0 Å². The van der Waals surface area contributed by atoms with Crippen LogP contribution in [-0.4, -0.2) is 45.8 Å². The summed E-state index contributed by atoms with van der Waals surface area (Å²) < 4.78 is 14.7. The highest BCUT2D eigenvalue weighted by molar-refractivity contribution is 8.26. The molecule has 25 heavy (non-hydrogen) atoms. The van der Waals surface area contributed by atoms with Crippen LogP contribution < -0.4 is 4.90 Å². The van der Waals surface area contributed by atoms with Gasteiger partial charge in [0.1, 0.15) is 16.7 Å². The fourth-order valence-electron chi connectivity index (χ4n) is 2.95. The van der Waals surface area contributed by atoms with E-state index in [0.717, 1.165) is 48.2 Å². The predicted octanol–water partition coefficient (Wildman–Crippen LogP) is 3.02. The molecule has 0 unspecified atom stereocenters. The monoisotopic (exact) mass is 380 g/mol. The lowest BCUT2D eigenvalue weighted by Gasteiger charge is -2.19. The molecule has 2 saturated heterocycles. The van der Waals surface area contributed by atoms with E-state index >= 15 is 0 Å². The van der Waals surface area contributed by atoms with E-state index in [4.69, 9.17) is 17.3 Å². The first-order valence-corrected chi connectivity index (χ1v) is 9.11. The third-order valence-electron chi connectivity index (χ3n) is 4.24. The molecule has 1 N–H and O–H groups in total. The van der Waals surface area contributed by atoms with Crippen LogP contribution in [0.4, 0.5) is 10.1 Å². The van der Waals surface area contributed by atoms with E-state index in [-0.39, 0.29) is 10.1 Å². The Morgan fingerprint density at radius 1 is 1.40 bits per heavy atom. The van der Waals surface area contributed by atoms with Crippen LogP contribution in [-0.2, 0) is 9.59 Å². The minimum Gasteiger partial charge on any atom is -0.480 e. The Morgan fingerprint density at radius 2 is 2.08 bits per heavy atom. The summed E-state index contributed by atoms with van der Waals surface area (Å²) in [6.45, 7) is 3.10. The Kier molecular flexibility index (Phi) is 5.10. The van der Waals surface area contributed by atoms with Gasteiger partial charge >= 0.3 is 5.97 Å². The molecule has 0 bridgehead atoms. The molecule has 0 aromatic heterocycles. The molecular formula is C17H17FN2O3S2. The highest BCUT2D eigenvalue weighted by Crippen LogP contribution is 2.34. The van der Waals surface area contributed by atoms with Crippen LogP contribution in [0.25, 0.3) is 6.08 Å². The fourth-order valence-corrected chi connectivity index (χ4v) is 4.20. The largest absolute Gasteiger partial charge is 0.480 e. The van der Waals surface area contributed by atoms with Crippen molar-refractivity contribution in [3.8, 4) is 0 Å². The van der Waals surface area contributed by atoms with Crippen molar-refractivity contribution in [3.63, 3.8) is 0 Å². The van der Waals surface area contributed by atoms with Crippen LogP contribution in [0, 0.1) is 12.7 Å². The number of anilines is 1. The molecule has 1 aromatic rings. The number of nitrogens with zero attached hydrogens (tertiary/aromatic N) is 2. The molecule has 0 atom stereocenters. The number of amides is 1. The summed E-state index contributed by atoms with van der Waals surface area (Å²) in [7, 11) is 0. The number of aliphatic carboxylic acids is 1. The second kappa shape index (κ2) is 7.13. The van der Waals surface area contributed by atoms with Crippen molar-refractivity contribution in [3.05, 3.63) is 34.0 Å². The molecule has 8 heteroatoms. The Balaban J connectivity index is 1.88. The highest BCUT2D eigenvalue weighted by atomic mass is 32.2. The second-order valence-corrected chi connectivity index (χ2v) is 7.69. The number of benzene rings is 1. The number of rotatable bonds is 4. The number of thioether (sulfide) groups is 1. The Morgan fingerprint density at radius 3 is 2.72 bits per heavy atom. The normalized spacial score (nSPS) is 19.4. The molecule has 3 rings (SSSR count). The SMILES string of the molecule is Cc1cc(N2CCCC2)c(F)cc1C=C1SC(=S)N(CC(=O)O)C1=O. The first-order chi connectivity index (χ1) is 11.9. The van der Waals surface area contributed by atoms with Crippen molar-refractivity contribution in [2.75, 3.05) is 24.5 Å². The van der Waals surface area contributed by atoms with Crippen LogP contribution in [0.3, 0.4) is 0 Å². The van der Waals surface area contributed by atoms with E-state index in [2.05, 4.69) is 0 Å². The molecule has 0 spiro atoms. The zero-order valence-corrected chi connectivity index (χ0v) is 15.3. The maximum Gasteiger partial charge on any atom is 0.323 e. The lowest BCUT2D eigenvalue weighted by atomic mass is 10.1. The van der Waals surface area contributed by atoms with Gasteiger partial charge in [-0.1, -0.05) is 24.0 Å². The molecule has 2 aliphatic rings. The minimum absolute atomic E-state index is 0.200. The number of halogens is 1. The maximum absolute atomic E-state index is 14.5. The fraction of sp³-hybridized carbons (Fsp3) is 0.353. The molecule has 0 saturated carbocycles. The number of carbonyl (C=O) groups is 2. The zero-order valence-electron chi connectivity index (χ0n) is 13.6. The van der Waals surface area contributed by atoms with Gasteiger partial charge in [-0.25, -0.2) is 4.39 Å². The Hall–Kier alpha value is -1.93. The number of carbonyl (C=O) groups excluding carboxylic acids is 1. The lowest BCUT2D eigenvalue weighted by Crippen LogP contribution is -2.33. The number of aryl methyl sites for hydroxylation is 1. The third kappa shape index (κ3) is 3.69. The summed E-state index contributed by atoms with van der Waals surface area (Å²) in [6.07, 6.45) is 3.70. The van der Waals surface area contributed by atoms with E-state index in [0.29, 0.717) is 16.2 Å². The quantitative estimate of drug-likeness (QED) is 0.640. The standard InChI is InChI=1S/C17H17FN2O3S2/c1-10-6-13(19-4-2-3-5-19)12(18)7-11(10)8-14-16(23)20(9-15(21)22)17(24)25-14/h6-8H,2-5,9H2,1H3,(H,21,22). The number of hydrogen-bond acceptors (Lipinski definition) is 5. The van der Waals surface area contributed by atoms with Gasteiger partial charge in [-0.2, -0.15) is 0 Å². The molecule has 0 aliphatic carbocycles. The number of carboxylic acids is 1. The van der Waals surface area contributed by atoms with E-state index in [9.17, 15) is 14.0 Å². The number of hydrogen-bond donors (Lipinski definition) is 1. The average Bonchev–Trinajstić information content (AvgIpc) is 3.15. The van der Waals surface area contributed by atoms with Gasteiger partial charge in [0.05, 0.1) is 10.6 Å². The summed E-state index contributed by atoms with van der Waals surface area (Å²) in [6, 6.07) is 3.22. The molecular weight excluding hydrogens is 363 g/mol. The van der Waals surface area contributed by atoms with E-state index in [1.807, 2.05) is 11.8 Å². The van der Waals surface area contributed by atoms with Gasteiger partial charge in [0.2, 0.25) is 0 Å². The lowest BCUT2D eigenvalue weighted by molar-refractivity contribution is -0.140. The minimum atomic E-state index is -1.13. The first-order valence-electron chi connectivity index (χ1n) is 7.89. The molecule has 2 heterocycles. The predicted molar refractivity (Wildman–Crippen MR) is 100 cm³/mol. The van der Waals surface area contributed by atoms with Crippen molar-refractivity contribution in [1.82, 2.24) is 4.90 Å². The van der Waals surface area contributed by atoms with Crippen molar-refractivity contribution in [1.29, 1.82) is 0 Å². The Bertz CT molecular complexity index is 788. The van der Waals surface area contributed by atoms with E-state index < -0.39 is 18.4 Å². The van der Waals surface area contributed by atoms with Crippen molar-refractivity contribution < 1.29 is 19.1 Å². The van der Waals surface area contributed by atoms with Crippen LogP contribution in [0.2, 0.25) is 0 Å². The van der Waals surface area contributed by atoms with Gasteiger partial charge in [-0.15, -0.1) is 0 Å². The smallest absolute Gasteiger partial charge is 0.323 e.